The van der Waals surface area contributed by atoms with E-state index in [9.17, 15) is 0 Å². The molecule has 1 aliphatic rings. The monoisotopic (exact) mass is 149 g/mol. The Balaban J connectivity index is 2.53. The highest BCUT2D eigenvalue weighted by molar-refractivity contribution is 4.88. The molecular weight excluding hydrogens is 138 g/mol. The smallest absolute Gasteiger partial charge is 0.182 e. The molecule has 4 atom stereocenters. The molecule has 5 nitrogen and oxygen atoms in total. The lowest BCUT2D eigenvalue weighted by atomic mass is 10.1. The maximum Gasteiger partial charge on any atom is 0.182 e. The molecule has 1 heterocycles. The maximum absolute atomic E-state index is 8.96. The summed E-state index contributed by atoms with van der Waals surface area (Å²) in [4.78, 5) is 0. The zero-order valence-corrected chi connectivity index (χ0v) is 5.34. The van der Waals surface area contributed by atoms with Crippen molar-refractivity contribution in [2.24, 2.45) is 5.73 Å². The molecule has 1 rings (SSSR count). The molecule has 0 aliphatic carbocycles. The Hall–Kier alpha value is -0.200. The largest absolute Gasteiger partial charge is 0.394 e. The van der Waals surface area contributed by atoms with Crippen LogP contribution in [-0.2, 0) is 4.74 Å². The van der Waals surface area contributed by atoms with Gasteiger partial charge in [0.15, 0.2) is 6.29 Å². The average Bonchev–Trinajstić information content (AvgIpc) is 2.17. The number of rotatable bonds is 1. The van der Waals surface area contributed by atoms with Gasteiger partial charge in [-0.05, 0) is 0 Å². The van der Waals surface area contributed by atoms with Gasteiger partial charge < -0.3 is 25.8 Å². The molecule has 0 saturated carbocycles. The SMILES string of the molecule is NC1C(O)[C@H](O)O[C@@H]1CO. The Kier molecular flexibility index (Phi) is 2.22. The van der Waals surface area contributed by atoms with E-state index >= 15 is 0 Å². The molecule has 0 radical (unpaired) electrons. The topological polar surface area (TPSA) is 95.9 Å². The van der Waals surface area contributed by atoms with Crippen molar-refractivity contribution in [1.82, 2.24) is 0 Å². The molecule has 5 N–H and O–H groups in total. The van der Waals surface area contributed by atoms with Crippen molar-refractivity contribution >= 4 is 0 Å². The van der Waals surface area contributed by atoms with Crippen LogP contribution < -0.4 is 5.73 Å². The van der Waals surface area contributed by atoms with Crippen LogP contribution in [-0.4, -0.2) is 46.5 Å². The van der Waals surface area contributed by atoms with Crippen LogP contribution in [0.2, 0.25) is 0 Å². The van der Waals surface area contributed by atoms with E-state index in [0.717, 1.165) is 0 Å². The second kappa shape index (κ2) is 2.81. The Morgan fingerprint density at radius 1 is 1.40 bits per heavy atom. The van der Waals surface area contributed by atoms with Gasteiger partial charge in [0, 0.05) is 0 Å². The van der Waals surface area contributed by atoms with Crippen LogP contribution in [0.4, 0.5) is 0 Å². The average molecular weight is 149 g/mol. The van der Waals surface area contributed by atoms with Crippen LogP contribution in [0, 0.1) is 0 Å². The molecular formula is C5H11NO4. The van der Waals surface area contributed by atoms with Crippen molar-refractivity contribution in [1.29, 1.82) is 0 Å². The first kappa shape index (κ1) is 7.90. The van der Waals surface area contributed by atoms with Gasteiger partial charge in [-0.3, -0.25) is 0 Å². The Labute approximate surface area is 58.0 Å². The van der Waals surface area contributed by atoms with Crippen LogP contribution >= 0.6 is 0 Å². The van der Waals surface area contributed by atoms with Crippen LogP contribution in [0.5, 0.6) is 0 Å². The van der Waals surface area contributed by atoms with Crippen LogP contribution in [0.25, 0.3) is 0 Å². The van der Waals surface area contributed by atoms with Crippen molar-refractivity contribution in [2.45, 2.75) is 24.5 Å². The van der Waals surface area contributed by atoms with E-state index in [1.165, 1.54) is 0 Å². The molecule has 0 amide bonds. The zero-order chi connectivity index (χ0) is 7.72. The van der Waals surface area contributed by atoms with E-state index in [-0.39, 0.29) is 6.61 Å². The van der Waals surface area contributed by atoms with Gasteiger partial charge in [-0.1, -0.05) is 0 Å². The highest BCUT2D eigenvalue weighted by atomic mass is 16.6. The van der Waals surface area contributed by atoms with Crippen molar-refractivity contribution in [3.63, 3.8) is 0 Å². The Bertz CT molecular complexity index is 120. The minimum Gasteiger partial charge on any atom is -0.394 e. The van der Waals surface area contributed by atoms with Gasteiger partial charge in [0.1, 0.15) is 12.2 Å². The summed E-state index contributed by atoms with van der Waals surface area (Å²) in [6.07, 6.45) is -2.99. The van der Waals surface area contributed by atoms with E-state index in [1.54, 1.807) is 0 Å². The quantitative estimate of drug-likeness (QED) is 0.327. The summed E-state index contributed by atoms with van der Waals surface area (Å²) in [6.45, 7) is -0.282. The van der Waals surface area contributed by atoms with Gasteiger partial charge >= 0.3 is 0 Å². The standard InChI is InChI=1S/C5H11NO4/c6-3-2(1-7)10-5(9)4(3)8/h2-5,7-9H,1,6H2/t2-,3?,4?,5-/m1/s1. The third-order valence-corrected chi connectivity index (χ3v) is 1.61. The van der Waals surface area contributed by atoms with Gasteiger partial charge in [-0.15, -0.1) is 0 Å². The minimum atomic E-state index is -1.26. The van der Waals surface area contributed by atoms with Gasteiger partial charge in [0.2, 0.25) is 0 Å². The molecule has 0 aromatic heterocycles. The summed E-state index contributed by atoms with van der Waals surface area (Å²) in [5, 5.41) is 26.3. The first-order valence-electron chi connectivity index (χ1n) is 3.05. The molecule has 0 bridgehead atoms. The molecule has 5 heteroatoms. The summed E-state index contributed by atoms with van der Waals surface area (Å²) < 4.78 is 4.67. The number of hydrogen-bond acceptors (Lipinski definition) is 5. The molecule has 60 valence electrons. The zero-order valence-electron chi connectivity index (χ0n) is 5.34. The summed E-state index contributed by atoms with van der Waals surface area (Å²) in [6, 6.07) is -0.694. The summed E-state index contributed by atoms with van der Waals surface area (Å²) >= 11 is 0. The molecule has 0 spiro atoms. The number of aliphatic hydroxyl groups excluding tert-OH is 3. The van der Waals surface area contributed by atoms with E-state index in [0.29, 0.717) is 0 Å². The number of hydrogen-bond donors (Lipinski definition) is 4. The lowest BCUT2D eigenvalue weighted by Gasteiger charge is -2.10. The fraction of sp³-hybridized carbons (Fsp3) is 1.00. The number of aliphatic hydroxyl groups is 3. The molecule has 1 aliphatic heterocycles. The van der Waals surface area contributed by atoms with Gasteiger partial charge in [-0.25, -0.2) is 0 Å². The van der Waals surface area contributed by atoms with E-state index in [2.05, 4.69) is 4.74 Å². The minimum absolute atomic E-state index is 0.282. The van der Waals surface area contributed by atoms with E-state index in [4.69, 9.17) is 21.1 Å². The lowest BCUT2D eigenvalue weighted by molar-refractivity contribution is -0.132. The van der Waals surface area contributed by atoms with Crippen LogP contribution in [0.1, 0.15) is 0 Å². The van der Waals surface area contributed by atoms with Crippen molar-refractivity contribution in [2.75, 3.05) is 6.61 Å². The first-order valence-corrected chi connectivity index (χ1v) is 3.05. The summed E-state index contributed by atoms with van der Waals surface area (Å²) in [7, 11) is 0. The first-order chi connectivity index (χ1) is 4.66. The second-order valence-electron chi connectivity index (χ2n) is 2.32. The molecule has 2 unspecified atom stereocenters. The van der Waals surface area contributed by atoms with Gasteiger partial charge in [-0.2, -0.15) is 0 Å². The van der Waals surface area contributed by atoms with E-state index < -0.39 is 24.5 Å². The van der Waals surface area contributed by atoms with Crippen molar-refractivity contribution in [3.8, 4) is 0 Å². The van der Waals surface area contributed by atoms with Crippen LogP contribution in [0.3, 0.4) is 0 Å². The van der Waals surface area contributed by atoms with E-state index in [1.807, 2.05) is 0 Å². The predicted molar refractivity (Wildman–Crippen MR) is 31.9 cm³/mol. The van der Waals surface area contributed by atoms with Crippen molar-refractivity contribution in [3.05, 3.63) is 0 Å². The second-order valence-corrected chi connectivity index (χ2v) is 2.32. The van der Waals surface area contributed by atoms with Crippen LogP contribution in [0.15, 0.2) is 0 Å². The van der Waals surface area contributed by atoms with Gasteiger partial charge in [0.25, 0.3) is 0 Å². The highest BCUT2D eigenvalue weighted by Gasteiger charge is 2.39. The lowest BCUT2D eigenvalue weighted by Crippen LogP contribution is -2.41. The summed E-state index contributed by atoms with van der Waals surface area (Å²) in [5.74, 6) is 0. The number of ether oxygens (including phenoxy) is 1. The third-order valence-electron chi connectivity index (χ3n) is 1.61. The highest BCUT2D eigenvalue weighted by Crippen LogP contribution is 2.16. The fourth-order valence-corrected chi connectivity index (χ4v) is 0.925. The molecule has 1 fully saturated rings. The molecule has 1 saturated heterocycles. The molecule has 0 aromatic rings. The Morgan fingerprint density at radius 3 is 2.20 bits per heavy atom. The van der Waals surface area contributed by atoms with Gasteiger partial charge in [0.05, 0.1) is 12.6 Å². The molecule has 10 heavy (non-hydrogen) atoms. The fourth-order valence-electron chi connectivity index (χ4n) is 0.925. The van der Waals surface area contributed by atoms with Crippen molar-refractivity contribution < 1.29 is 20.1 Å². The third kappa shape index (κ3) is 1.14. The number of nitrogens with two attached hydrogens (primary N) is 1. The molecule has 0 aromatic carbocycles. The predicted octanol–water partition coefficient (Wildman–Crippen LogP) is -2.62. The normalized spacial score (nSPS) is 48.0. The Morgan fingerprint density at radius 2 is 2.00 bits per heavy atom. The summed E-state index contributed by atoms with van der Waals surface area (Å²) in [5.41, 5.74) is 5.33. The maximum atomic E-state index is 8.96.